The summed E-state index contributed by atoms with van der Waals surface area (Å²) in [7, 11) is 0. The lowest BCUT2D eigenvalue weighted by Crippen LogP contribution is -2.02. The van der Waals surface area contributed by atoms with Crippen molar-refractivity contribution in [2.24, 2.45) is 4.99 Å². The maximum atomic E-state index is 9.19. The number of pyridine rings is 1. The molecule has 0 amide bonds. The Morgan fingerprint density at radius 1 is 0.640 bits per heavy atom. The van der Waals surface area contributed by atoms with Crippen molar-refractivity contribution in [3.8, 4) is 22.3 Å². The van der Waals surface area contributed by atoms with Crippen molar-refractivity contribution < 1.29 is 0 Å². The molecule has 1 aromatic heterocycles. The largest absolute Gasteiger partial charge is 0.300 e. The van der Waals surface area contributed by atoms with Gasteiger partial charge in [0.05, 0.1) is 11.4 Å². The molecule has 238 valence electrons. The molecule has 0 fully saturated rings. The highest BCUT2D eigenvalue weighted by Crippen LogP contribution is 2.35. The quantitative estimate of drug-likeness (QED) is 0.130. The number of aromatic nitrogens is 1. The lowest BCUT2D eigenvalue weighted by atomic mass is 9.91. The maximum absolute atomic E-state index is 9.19. The van der Waals surface area contributed by atoms with E-state index in [2.05, 4.69) is 145 Å². The van der Waals surface area contributed by atoms with Gasteiger partial charge in [-0.2, -0.15) is 0 Å². The van der Waals surface area contributed by atoms with Crippen molar-refractivity contribution in [1.82, 2.24) is 4.98 Å². The van der Waals surface area contributed by atoms with Crippen molar-refractivity contribution in [3.05, 3.63) is 198 Å². The van der Waals surface area contributed by atoms with Gasteiger partial charge in [-0.15, -0.1) is 0 Å². The maximum Gasteiger partial charge on any atom is 0.0723 e. The van der Waals surface area contributed by atoms with Crippen LogP contribution >= 0.6 is 0 Å². The van der Waals surface area contributed by atoms with E-state index in [1.165, 1.54) is 38.2 Å². The smallest absolute Gasteiger partial charge is 0.0723 e. The highest BCUT2D eigenvalue weighted by atomic mass is 14.7. The standard InChI is InChI=1S/C47H35N3/c48-46(39-16-8-14-36(27-39)34-11-2-1-3-12-34)30-47(40-17-9-15-37(28-40)41-18-10-26-49-32-41)50-31-33-22-24-35(25-23-33)45-29-38-13-4-5-19-42(38)43-20-6-7-21-44(43)45/h1-7,9-13,15-32,48H,8,14H2/b47-30-,48-46?,50-31?. The monoisotopic (exact) mass is 641 g/mol. The highest BCUT2D eigenvalue weighted by molar-refractivity contribution is 6.14. The second-order valence-corrected chi connectivity index (χ2v) is 12.6. The third-order valence-electron chi connectivity index (χ3n) is 9.34. The molecule has 0 spiro atoms. The summed E-state index contributed by atoms with van der Waals surface area (Å²) in [4.78, 5) is 9.36. The predicted octanol–water partition coefficient (Wildman–Crippen LogP) is 12.0. The van der Waals surface area contributed by atoms with Crippen LogP contribution in [0.2, 0.25) is 0 Å². The summed E-state index contributed by atoms with van der Waals surface area (Å²) in [5.74, 6) is 0. The average molecular weight is 642 g/mol. The lowest BCUT2D eigenvalue weighted by molar-refractivity contribution is 1.05. The van der Waals surface area contributed by atoms with Crippen molar-refractivity contribution in [3.63, 3.8) is 0 Å². The number of nitrogens with zero attached hydrogens (tertiary/aromatic N) is 2. The van der Waals surface area contributed by atoms with Crippen molar-refractivity contribution in [2.45, 2.75) is 12.8 Å². The molecule has 1 aliphatic rings. The SMILES string of the molecule is N=C(/C=C(\N=Cc1ccc(-c2cc3ccccc3c3ccccc23)cc1)c1cccc(-c2cccnc2)c1)C1=CCCC(c2ccccc2)=C1. The minimum absolute atomic E-state index is 0.440. The molecule has 1 N–H and O–H groups in total. The van der Waals surface area contributed by atoms with Gasteiger partial charge in [-0.25, -0.2) is 0 Å². The van der Waals surface area contributed by atoms with E-state index in [4.69, 9.17) is 4.99 Å². The summed E-state index contributed by atoms with van der Waals surface area (Å²) in [5, 5.41) is 14.2. The Hall–Kier alpha value is -6.45. The molecule has 0 bridgehead atoms. The first kappa shape index (κ1) is 30.9. The Kier molecular flexibility index (Phi) is 8.61. The van der Waals surface area contributed by atoms with Gasteiger partial charge in [-0.05, 0) is 104 Å². The van der Waals surface area contributed by atoms with Crippen molar-refractivity contribution in [2.75, 3.05) is 0 Å². The number of allylic oxidation sites excluding steroid dienone is 5. The third-order valence-corrected chi connectivity index (χ3v) is 9.34. The Morgan fingerprint density at radius 2 is 1.38 bits per heavy atom. The molecule has 50 heavy (non-hydrogen) atoms. The Bertz CT molecular complexity index is 2470. The van der Waals surface area contributed by atoms with Gasteiger partial charge in [0, 0.05) is 29.7 Å². The molecule has 8 rings (SSSR count). The van der Waals surface area contributed by atoms with Gasteiger partial charge in [0.25, 0.3) is 0 Å². The van der Waals surface area contributed by atoms with Gasteiger partial charge < -0.3 is 5.41 Å². The molecule has 0 aliphatic heterocycles. The zero-order chi connectivity index (χ0) is 33.7. The normalized spacial score (nSPS) is 13.4. The van der Waals surface area contributed by atoms with Crippen LogP contribution in [0.25, 0.3) is 55.1 Å². The van der Waals surface area contributed by atoms with Crippen LogP contribution in [0.15, 0.2) is 187 Å². The zero-order valence-corrected chi connectivity index (χ0v) is 27.6. The van der Waals surface area contributed by atoms with Crippen LogP contribution in [0.1, 0.15) is 29.5 Å². The van der Waals surface area contributed by atoms with E-state index in [1.54, 1.807) is 6.20 Å². The van der Waals surface area contributed by atoms with Crippen molar-refractivity contribution >= 4 is 44.7 Å². The summed E-state index contributed by atoms with van der Waals surface area (Å²) >= 11 is 0. The van der Waals surface area contributed by atoms with E-state index in [1.807, 2.05) is 36.7 Å². The van der Waals surface area contributed by atoms with Crippen LogP contribution in [-0.2, 0) is 0 Å². The van der Waals surface area contributed by atoms with Gasteiger partial charge in [0.1, 0.15) is 0 Å². The highest BCUT2D eigenvalue weighted by Gasteiger charge is 2.13. The van der Waals surface area contributed by atoms with Crippen LogP contribution in [0.3, 0.4) is 0 Å². The molecule has 1 heterocycles. The molecule has 1 aliphatic carbocycles. The first-order valence-electron chi connectivity index (χ1n) is 17.0. The number of aliphatic imine (C=N–C) groups is 1. The number of hydrogen-bond donors (Lipinski definition) is 1. The first-order chi connectivity index (χ1) is 24.7. The minimum atomic E-state index is 0.440. The second-order valence-electron chi connectivity index (χ2n) is 12.6. The zero-order valence-electron chi connectivity index (χ0n) is 27.6. The van der Waals surface area contributed by atoms with Crippen LogP contribution in [-0.4, -0.2) is 16.9 Å². The van der Waals surface area contributed by atoms with E-state index in [0.29, 0.717) is 5.71 Å². The van der Waals surface area contributed by atoms with Gasteiger partial charge >= 0.3 is 0 Å². The molecule has 0 unspecified atom stereocenters. The Balaban J connectivity index is 1.14. The molecule has 0 radical (unpaired) electrons. The number of fused-ring (bicyclic) bond motifs is 3. The molecule has 3 nitrogen and oxygen atoms in total. The third kappa shape index (κ3) is 6.50. The van der Waals surface area contributed by atoms with E-state index < -0.39 is 0 Å². The fraction of sp³-hybridized carbons (Fsp3) is 0.0426. The number of rotatable bonds is 8. The molecule has 0 saturated carbocycles. The van der Waals surface area contributed by atoms with Gasteiger partial charge in [0.15, 0.2) is 0 Å². The van der Waals surface area contributed by atoms with E-state index in [0.717, 1.165) is 51.9 Å². The van der Waals surface area contributed by atoms with Gasteiger partial charge in [-0.3, -0.25) is 9.98 Å². The van der Waals surface area contributed by atoms with Crippen LogP contribution in [0, 0.1) is 5.41 Å². The molecule has 6 aromatic carbocycles. The van der Waals surface area contributed by atoms with Gasteiger partial charge in [-0.1, -0.05) is 133 Å². The Morgan fingerprint density at radius 3 is 2.20 bits per heavy atom. The number of benzene rings is 6. The molecule has 0 atom stereocenters. The molecular weight excluding hydrogens is 607 g/mol. The van der Waals surface area contributed by atoms with Crippen molar-refractivity contribution in [1.29, 1.82) is 5.41 Å². The van der Waals surface area contributed by atoms with Crippen LogP contribution < -0.4 is 0 Å². The fourth-order valence-electron chi connectivity index (χ4n) is 6.76. The number of hydrogen-bond acceptors (Lipinski definition) is 3. The second kappa shape index (κ2) is 14.0. The fourth-order valence-corrected chi connectivity index (χ4v) is 6.76. The molecule has 3 heteroatoms. The van der Waals surface area contributed by atoms with Gasteiger partial charge in [0.2, 0.25) is 0 Å². The molecular formula is C47H35N3. The predicted molar refractivity (Wildman–Crippen MR) is 212 cm³/mol. The summed E-state index contributed by atoms with van der Waals surface area (Å²) < 4.78 is 0. The van der Waals surface area contributed by atoms with Crippen LogP contribution in [0.5, 0.6) is 0 Å². The first-order valence-corrected chi connectivity index (χ1v) is 17.0. The summed E-state index contributed by atoms with van der Waals surface area (Å²) in [6.45, 7) is 0. The molecule has 7 aromatic rings. The Labute approximate surface area is 292 Å². The summed E-state index contributed by atoms with van der Waals surface area (Å²) in [6, 6.07) is 50.9. The minimum Gasteiger partial charge on any atom is -0.300 e. The van der Waals surface area contributed by atoms with E-state index in [9.17, 15) is 5.41 Å². The molecule has 0 saturated heterocycles. The van der Waals surface area contributed by atoms with E-state index in [-0.39, 0.29) is 0 Å². The average Bonchev–Trinajstić information content (AvgIpc) is 3.20. The number of nitrogens with one attached hydrogen (secondary N) is 1. The van der Waals surface area contributed by atoms with Crippen LogP contribution in [0.4, 0.5) is 0 Å². The summed E-state index contributed by atoms with van der Waals surface area (Å²) in [6.07, 6.45) is 13.6. The van der Waals surface area contributed by atoms with E-state index >= 15 is 0 Å². The summed E-state index contributed by atoms with van der Waals surface area (Å²) in [5.41, 5.74) is 10.9. The topological polar surface area (TPSA) is 49.1 Å². The lowest BCUT2D eigenvalue weighted by Gasteiger charge is -2.14.